The summed E-state index contributed by atoms with van der Waals surface area (Å²) in [6.07, 6.45) is 0. The largest absolute Gasteiger partial charge is 0.309 e. The molecule has 64 heavy (non-hydrogen) atoms. The van der Waals surface area contributed by atoms with Gasteiger partial charge in [0.1, 0.15) is 0 Å². The van der Waals surface area contributed by atoms with Crippen molar-refractivity contribution in [1.29, 1.82) is 0 Å². The van der Waals surface area contributed by atoms with E-state index in [0.717, 1.165) is 17.1 Å². The Bertz CT molecular complexity index is 3110. The summed E-state index contributed by atoms with van der Waals surface area (Å²) in [6.45, 7) is 0. The van der Waals surface area contributed by atoms with Gasteiger partial charge in [0.2, 0.25) is 0 Å². The molecule has 302 valence electrons. The predicted octanol–water partition coefficient (Wildman–Crippen LogP) is 13.0. The van der Waals surface area contributed by atoms with E-state index in [9.17, 15) is 0 Å². The number of fused-ring (bicyclic) bond motifs is 8. The van der Waals surface area contributed by atoms with Crippen LogP contribution in [0.5, 0.6) is 0 Å². The van der Waals surface area contributed by atoms with Crippen molar-refractivity contribution in [1.82, 2.24) is 0 Å². The van der Waals surface area contributed by atoms with Gasteiger partial charge in [0.05, 0.1) is 11.1 Å². The first kappa shape index (κ1) is 38.3. The van der Waals surface area contributed by atoms with Crippen molar-refractivity contribution in [2.45, 2.75) is 15.2 Å². The number of benzene rings is 10. The maximum atomic E-state index is 2.48. The van der Waals surface area contributed by atoms with Crippen LogP contribution in [-0.4, -0.2) is 8.07 Å². The third kappa shape index (κ3) is 5.85. The number of anilines is 3. The molecule has 0 amide bonds. The van der Waals surface area contributed by atoms with Crippen LogP contribution in [-0.2, 0) is 5.41 Å². The lowest BCUT2D eigenvalue weighted by atomic mass is 9.64. The smallest absolute Gasteiger partial charge is 0.180 e. The average molecular weight is 850 g/mol. The molecule has 1 spiro atoms. The van der Waals surface area contributed by atoms with Crippen molar-refractivity contribution < 1.29 is 0 Å². The van der Waals surface area contributed by atoms with Gasteiger partial charge < -0.3 is 4.90 Å². The van der Waals surface area contributed by atoms with Crippen LogP contribution in [0.4, 0.5) is 17.1 Å². The van der Waals surface area contributed by atoms with Gasteiger partial charge in [-0.1, -0.05) is 236 Å². The summed E-state index contributed by atoms with van der Waals surface area (Å²) in [6, 6.07) is 97.4. The number of rotatable bonds is 7. The zero-order valence-corrected chi connectivity index (χ0v) is 37.0. The Morgan fingerprint density at radius 3 is 1.20 bits per heavy atom. The predicted molar refractivity (Wildman–Crippen MR) is 272 cm³/mol. The summed E-state index contributed by atoms with van der Waals surface area (Å²) in [5.41, 5.74) is 13.0. The molecule has 0 unspecified atom stereocenters. The summed E-state index contributed by atoms with van der Waals surface area (Å²) in [7, 11) is -2.85. The quantitative estimate of drug-likeness (QED) is 0.147. The van der Waals surface area contributed by atoms with Crippen LogP contribution in [0.15, 0.2) is 271 Å². The molecule has 2 heterocycles. The normalized spacial score (nSPS) is 13.8. The molecule has 0 saturated heterocycles. The van der Waals surface area contributed by atoms with Crippen LogP contribution in [0.25, 0.3) is 22.3 Å². The van der Waals surface area contributed by atoms with Crippen molar-refractivity contribution >= 4 is 57.6 Å². The number of hydrogen-bond donors (Lipinski definition) is 0. The molecule has 1 nitrogen and oxygen atoms in total. The number of hydrogen-bond acceptors (Lipinski definition) is 2. The third-order valence-electron chi connectivity index (χ3n) is 13.5. The molecular formula is C61H43NSSi. The molecule has 0 radical (unpaired) electrons. The van der Waals surface area contributed by atoms with E-state index < -0.39 is 13.5 Å². The highest BCUT2D eigenvalue weighted by Gasteiger charge is 2.57. The average Bonchev–Trinajstić information content (AvgIpc) is 3.38. The molecule has 12 rings (SSSR count). The minimum Gasteiger partial charge on any atom is -0.309 e. The fourth-order valence-electron chi connectivity index (χ4n) is 10.8. The minimum atomic E-state index is -2.85. The van der Waals surface area contributed by atoms with Gasteiger partial charge in [-0.05, 0) is 102 Å². The maximum Gasteiger partial charge on any atom is 0.180 e. The molecule has 0 fully saturated rings. The summed E-state index contributed by atoms with van der Waals surface area (Å²) >= 11 is 1.91. The Hall–Kier alpha value is -7.43. The zero-order chi connectivity index (χ0) is 42.5. The standard InChI is InChI=1S/C61H43NSSi/c1-5-20-44(21-6-1)46-36-40-48(41-37-46)62(49-42-38-47(39-43-49)45-22-7-2-8-23-45)56-32-19-31-55-60(56)63-57-33-16-13-28-52(57)61(55)53-29-14-17-34-58(53)64(50-24-9-3-10-25-50,51-26-11-4-12-27-51)59-35-18-15-30-54(59)61/h1-43H. The van der Waals surface area contributed by atoms with Crippen molar-refractivity contribution in [2.24, 2.45) is 0 Å². The second-order valence-electron chi connectivity index (χ2n) is 16.7. The van der Waals surface area contributed by atoms with Crippen molar-refractivity contribution in [3.05, 3.63) is 283 Å². The molecule has 0 saturated carbocycles. The molecule has 0 atom stereocenters. The molecule has 0 N–H and O–H groups in total. The highest BCUT2D eigenvalue weighted by molar-refractivity contribution is 7.99. The van der Waals surface area contributed by atoms with Gasteiger partial charge in [-0.25, -0.2) is 0 Å². The summed E-state index contributed by atoms with van der Waals surface area (Å²) in [5.74, 6) is 0. The highest BCUT2D eigenvalue weighted by atomic mass is 32.2. The second kappa shape index (κ2) is 15.7. The fourth-order valence-corrected chi connectivity index (χ4v) is 17.4. The third-order valence-corrected chi connectivity index (χ3v) is 19.6. The first-order chi connectivity index (χ1) is 31.8. The van der Waals surface area contributed by atoms with Crippen LogP contribution < -0.4 is 25.6 Å². The van der Waals surface area contributed by atoms with Gasteiger partial charge in [-0.2, -0.15) is 0 Å². The molecule has 10 aromatic rings. The van der Waals surface area contributed by atoms with Gasteiger partial charge in [-0.3, -0.25) is 0 Å². The summed E-state index contributed by atoms with van der Waals surface area (Å²) < 4.78 is 0. The Balaban J connectivity index is 1.14. The van der Waals surface area contributed by atoms with Crippen molar-refractivity contribution in [3.8, 4) is 22.3 Å². The molecule has 2 aliphatic heterocycles. The van der Waals surface area contributed by atoms with E-state index in [1.54, 1.807) is 0 Å². The molecular weight excluding hydrogens is 807 g/mol. The fraction of sp³-hybridized carbons (Fsp3) is 0.0164. The minimum absolute atomic E-state index is 0.597. The van der Waals surface area contributed by atoms with Crippen LogP contribution in [0.1, 0.15) is 22.3 Å². The lowest BCUT2D eigenvalue weighted by molar-refractivity contribution is 0.707. The monoisotopic (exact) mass is 849 g/mol. The lowest BCUT2D eigenvalue weighted by Crippen LogP contribution is -2.79. The topological polar surface area (TPSA) is 3.24 Å². The molecule has 0 aromatic heterocycles. The SMILES string of the molecule is c1ccc(-c2ccc(N(c3ccc(-c4ccccc4)cc3)c3cccc4c3Sc3ccccc3C43c4ccccc4[Si](c4ccccc4)(c4ccccc4)c4ccccc43)cc2)cc1. The van der Waals surface area contributed by atoms with Crippen LogP contribution >= 0.6 is 11.8 Å². The lowest BCUT2D eigenvalue weighted by Gasteiger charge is -2.52. The molecule has 10 aromatic carbocycles. The summed E-state index contributed by atoms with van der Waals surface area (Å²) in [4.78, 5) is 5.02. The Kier molecular flexibility index (Phi) is 9.40. The summed E-state index contributed by atoms with van der Waals surface area (Å²) in [5, 5.41) is 5.67. The van der Waals surface area contributed by atoms with Crippen molar-refractivity contribution in [2.75, 3.05) is 4.90 Å². The maximum absolute atomic E-state index is 2.85. The Labute approximate surface area is 381 Å². The highest BCUT2D eigenvalue weighted by Crippen LogP contribution is 2.59. The van der Waals surface area contributed by atoms with Gasteiger partial charge in [0, 0.05) is 21.2 Å². The molecule has 2 aliphatic rings. The van der Waals surface area contributed by atoms with E-state index >= 15 is 0 Å². The van der Waals surface area contributed by atoms with E-state index in [0.29, 0.717) is 0 Å². The van der Waals surface area contributed by atoms with E-state index in [2.05, 4.69) is 266 Å². The molecule has 0 aliphatic carbocycles. The van der Waals surface area contributed by atoms with E-state index in [1.165, 1.54) is 75.0 Å². The Morgan fingerprint density at radius 2 is 0.703 bits per heavy atom. The van der Waals surface area contributed by atoms with Crippen LogP contribution in [0, 0.1) is 0 Å². The molecule has 0 bridgehead atoms. The van der Waals surface area contributed by atoms with Gasteiger partial charge in [-0.15, -0.1) is 0 Å². The van der Waals surface area contributed by atoms with E-state index in [1.807, 2.05) is 11.8 Å². The van der Waals surface area contributed by atoms with Crippen LogP contribution in [0.2, 0.25) is 0 Å². The van der Waals surface area contributed by atoms with Gasteiger partial charge in [0.25, 0.3) is 0 Å². The van der Waals surface area contributed by atoms with E-state index in [4.69, 9.17) is 0 Å². The van der Waals surface area contributed by atoms with E-state index in [-0.39, 0.29) is 0 Å². The zero-order valence-electron chi connectivity index (χ0n) is 35.2. The van der Waals surface area contributed by atoms with Gasteiger partial charge in [0.15, 0.2) is 8.07 Å². The van der Waals surface area contributed by atoms with Gasteiger partial charge >= 0.3 is 0 Å². The number of nitrogens with zero attached hydrogens (tertiary/aromatic N) is 1. The second-order valence-corrected chi connectivity index (χ2v) is 21.5. The first-order valence-electron chi connectivity index (χ1n) is 22.1. The Morgan fingerprint density at radius 1 is 0.312 bits per heavy atom. The molecule has 3 heteroatoms. The first-order valence-corrected chi connectivity index (χ1v) is 24.9. The van der Waals surface area contributed by atoms with Crippen LogP contribution in [0.3, 0.4) is 0 Å². The van der Waals surface area contributed by atoms with Crippen molar-refractivity contribution in [3.63, 3.8) is 0 Å².